The maximum atomic E-state index is 11.1. The Morgan fingerprint density at radius 1 is 1.35 bits per heavy atom. The average Bonchev–Trinajstić information content (AvgIpc) is 2.28. The van der Waals surface area contributed by atoms with Gasteiger partial charge in [0, 0.05) is 0 Å². The third kappa shape index (κ3) is 4.54. The lowest BCUT2D eigenvalue weighted by Crippen LogP contribution is -2.26. The molecule has 0 aliphatic carbocycles. The molecule has 0 aromatic heterocycles. The lowest BCUT2D eigenvalue weighted by atomic mass is 10.1. The van der Waals surface area contributed by atoms with Crippen LogP contribution in [-0.2, 0) is 26.1 Å². The fourth-order valence-corrected chi connectivity index (χ4v) is 2.18. The fourth-order valence-electron chi connectivity index (χ4n) is 1.43. The molecule has 0 radical (unpaired) electrons. The molecule has 0 aliphatic heterocycles. The minimum absolute atomic E-state index is 0.0781. The van der Waals surface area contributed by atoms with Gasteiger partial charge >= 0.3 is 5.97 Å². The van der Waals surface area contributed by atoms with Crippen molar-refractivity contribution in [2.24, 2.45) is 0 Å². The van der Waals surface area contributed by atoms with Gasteiger partial charge in [-0.15, -0.1) is 0 Å². The van der Waals surface area contributed by atoms with Gasteiger partial charge in [0.1, 0.15) is 5.25 Å². The molecule has 1 aromatic rings. The molecule has 17 heavy (non-hydrogen) atoms. The Hall–Kier alpha value is -1.40. The third-order valence-electron chi connectivity index (χ3n) is 2.35. The number of methoxy groups -OCH3 is 1. The van der Waals surface area contributed by atoms with E-state index in [1.807, 2.05) is 0 Å². The van der Waals surface area contributed by atoms with Crippen LogP contribution in [-0.4, -0.2) is 31.3 Å². The first kappa shape index (κ1) is 13.7. The Morgan fingerprint density at radius 2 is 1.94 bits per heavy atom. The first-order valence-corrected chi connectivity index (χ1v) is 6.51. The second-order valence-corrected chi connectivity index (χ2v) is 5.30. The van der Waals surface area contributed by atoms with Crippen molar-refractivity contribution in [1.82, 2.24) is 0 Å². The van der Waals surface area contributed by atoms with Crippen molar-refractivity contribution in [2.45, 2.75) is 18.1 Å². The molecule has 6 heteroatoms. The van der Waals surface area contributed by atoms with Crippen molar-refractivity contribution in [2.75, 3.05) is 7.11 Å². The van der Waals surface area contributed by atoms with Crippen molar-refractivity contribution in [3.05, 3.63) is 35.9 Å². The minimum atomic E-state index is -4.27. The number of carbonyl (C=O) groups excluding carboxylic acids is 1. The SMILES string of the molecule is COC(=O)CC(Cc1ccccc1)S(=O)(=O)O. The van der Waals surface area contributed by atoms with Crippen molar-refractivity contribution >= 4 is 16.1 Å². The molecule has 1 rings (SSSR count). The Morgan fingerprint density at radius 3 is 2.41 bits per heavy atom. The molecular formula is C11H14O5S. The summed E-state index contributed by atoms with van der Waals surface area (Å²) in [6, 6.07) is 8.78. The first-order valence-electron chi connectivity index (χ1n) is 5.00. The maximum absolute atomic E-state index is 11.1. The fraction of sp³-hybridized carbons (Fsp3) is 0.364. The average molecular weight is 258 g/mol. The zero-order valence-electron chi connectivity index (χ0n) is 9.37. The van der Waals surface area contributed by atoms with Crippen LogP contribution in [0.1, 0.15) is 12.0 Å². The van der Waals surface area contributed by atoms with Crippen molar-refractivity contribution < 1.29 is 22.5 Å². The summed E-state index contributed by atoms with van der Waals surface area (Å²) in [7, 11) is -3.10. The second-order valence-electron chi connectivity index (χ2n) is 3.61. The van der Waals surface area contributed by atoms with E-state index >= 15 is 0 Å². The molecule has 0 saturated carbocycles. The molecule has 1 atom stereocenters. The topological polar surface area (TPSA) is 80.7 Å². The molecule has 0 bridgehead atoms. The summed E-state index contributed by atoms with van der Waals surface area (Å²) in [5, 5.41) is -1.17. The molecular weight excluding hydrogens is 244 g/mol. The Bertz CT molecular complexity index is 466. The Balaban J connectivity index is 2.82. The van der Waals surface area contributed by atoms with Crippen LogP contribution in [0.3, 0.4) is 0 Å². The van der Waals surface area contributed by atoms with E-state index in [2.05, 4.69) is 4.74 Å². The van der Waals surface area contributed by atoms with Gasteiger partial charge in [0.15, 0.2) is 0 Å². The van der Waals surface area contributed by atoms with Gasteiger partial charge in [-0.1, -0.05) is 30.3 Å². The predicted octanol–water partition coefficient (Wildman–Crippen LogP) is 1.05. The van der Waals surface area contributed by atoms with Crippen LogP contribution < -0.4 is 0 Å². The van der Waals surface area contributed by atoms with Gasteiger partial charge in [-0.05, 0) is 12.0 Å². The quantitative estimate of drug-likeness (QED) is 0.630. The summed E-state index contributed by atoms with van der Waals surface area (Å²) in [4.78, 5) is 11.1. The zero-order valence-corrected chi connectivity index (χ0v) is 10.2. The van der Waals surface area contributed by atoms with Gasteiger partial charge in [0.2, 0.25) is 0 Å². The monoisotopic (exact) mass is 258 g/mol. The number of rotatable bonds is 5. The van der Waals surface area contributed by atoms with Crippen LogP contribution in [0.5, 0.6) is 0 Å². The van der Waals surface area contributed by atoms with E-state index in [1.165, 1.54) is 7.11 Å². The largest absolute Gasteiger partial charge is 0.469 e. The summed E-state index contributed by atoms with van der Waals surface area (Å²) in [6.07, 6.45) is -0.279. The first-order chi connectivity index (χ1) is 7.93. The summed E-state index contributed by atoms with van der Waals surface area (Å²) >= 11 is 0. The normalized spacial score (nSPS) is 13.1. The van der Waals surface area contributed by atoms with Gasteiger partial charge in [0.25, 0.3) is 10.1 Å². The van der Waals surface area contributed by atoms with E-state index in [0.717, 1.165) is 5.56 Å². The van der Waals surface area contributed by atoms with E-state index in [9.17, 15) is 13.2 Å². The smallest absolute Gasteiger partial charge is 0.306 e. The molecule has 1 aromatic carbocycles. The zero-order chi connectivity index (χ0) is 12.9. The Labute approximate surface area is 100 Å². The summed E-state index contributed by atoms with van der Waals surface area (Å²) < 4.78 is 35.7. The lowest BCUT2D eigenvalue weighted by molar-refractivity contribution is -0.140. The highest BCUT2D eigenvalue weighted by atomic mass is 32.2. The van der Waals surface area contributed by atoms with Crippen LogP contribution in [0.4, 0.5) is 0 Å². The van der Waals surface area contributed by atoms with E-state index in [4.69, 9.17) is 4.55 Å². The van der Waals surface area contributed by atoms with Gasteiger partial charge in [-0.25, -0.2) is 0 Å². The molecule has 94 valence electrons. The number of carbonyl (C=O) groups is 1. The molecule has 0 spiro atoms. The second kappa shape index (κ2) is 5.79. The minimum Gasteiger partial charge on any atom is -0.469 e. The third-order valence-corrected chi connectivity index (χ3v) is 3.53. The van der Waals surface area contributed by atoms with Crippen molar-refractivity contribution in [3.63, 3.8) is 0 Å². The number of ether oxygens (including phenoxy) is 1. The van der Waals surface area contributed by atoms with Gasteiger partial charge in [-0.3, -0.25) is 9.35 Å². The molecule has 1 unspecified atom stereocenters. The molecule has 0 amide bonds. The molecule has 0 aliphatic rings. The predicted molar refractivity (Wildman–Crippen MR) is 62.1 cm³/mol. The Kier molecular flexibility index (Phi) is 4.65. The van der Waals surface area contributed by atoms with Crippen LogP contribution in [0.15, 0.2) is 30.3 Å². The molecule has 1 N–H and O–H groups in total. The maximum Gasteiger partial charge on any atom is 0.306 e. The number of hydrogen-bond donors (Lipinski definition) is 1. The highest BCUT2D eigenvalue weighted by Gasteiger charge is 2.26. The molecule has 0 heterocycles. The molecule has 5 nitrogen and oxygen atoms in total. The van der Waals surface area contributed by atoms with E-state index in [-0.39, 0.29) is 12.8 Å². The van der Waals surface area contributed by atoms with Crippen LogP contribution in [0.2, 0.25) is 0 Å². The van der Waals surface area contributed by atoms with Gasteiger partial charge in [0.05, 0.1) is 13.5 Å². The summed E-state index contributed by atoms with van der Waals surface area (Å²) in [6.45, 7) is 0. The van der Waals surface area contributed by atoms with E-state index < -0.39 is 21.3 Å². The number of hydrogen-bond acceptors (Lipinski definition) is 4. The lowest BCUT2D eigenvalue weighted by Gasteiger charge is -2.12. The van der Waals surface area contributed by atoms with Gasteiger partial charge < -0.3 is 4.74 Å². The standard InChI is InChI=1S/C11H14O5S/c1-16-11(12)8-10(17(13,14)15)7-9-5-3-2-4-6-9/h2-6,10H,7-8H2,1H3,(H,13,14,15). The summed E-state index contributed by atoms with van der Waals surface area (Å²) in [5.41, 5.74) is 0.735. The summed E-state index contributed by atoms with van der Waals surface area (Å²) in [5.74, 6) is -0.663. The van der Waals surface area contributed by atoms with E-state index in [0.29, 0.717) is 0 Å². The highest BCUT2D eigenvalue weighted by Crippen LogP contribution is 2.13. The van der Waals surface area contributed by atoms with Crippen molar-refractivity contribution in [3.8, 4) is 0 Å². The molecule has 0 fully saturated rings. The van der Waals surface area contributed by atoms with Gasteiger partial charge in [-0.2, -0.15) is 8.42 Å². The van der Waals surface area contributed by atoms with E-state index in [1.54, 1.807) is 30.3 Å². The van der Waals surface area contributed by atoms with Crippen LogP contribution >= 0.6 is 0 Å². The van der Waals surface area contributed by atoms with Crippen LogP contribution in [0.25, 0.3) is 0 Å². The van der Waals surface area contributed by atoms with Crippen molar-refractivity contribution in [1.29, 1.82) is 0 Å². The van der Waals surface area contributed by atoms with Crippen LogP contribution in [0, 0.1) is 0 Å². The number of benzene rings is 1. The number of esters is 1. The highest BCUT2D eigenvalue weighted by molar-refractivity contribution is 7.86. The molecule has 0 saturated heterocycles.